The van der Waals surface area contributed by atoms with E-state index < -0.39 is 30.3 Å². The molecule has 1 saturated heterocycles. The SMILES string of the molecule is CCCC[C@H](CC(=O)NC1CCOC1C(=O)O)NC(=O)OCC1c2ccccc2-c2ccccc21. The van der Waals surface area contributed by atoms with Crippen LogP contribution in [0.4, 0.5) is 4.79 Å². The first-order valence-electron chi connectivity index (χ1n) is 12.2. The summed E-state index contributed by atoms with van der Waals surface area (Å²) >= 11 is 0. The molecule has 0 radical (unpaired) electrons. The Bertz CT molecular complexity index is 1030. The summed E-state index contributed by atoms with van der Waals surface area (Å²) in [4.78, 5) is 36.6. The molecule has 1 aliphatic heterocycles. The van der Waals surface area contributed by atoms with Gasteiger partial charge in [-0.3, -0.25) is 4.79 Å². The summed E-state index contributed by atoms with van der Waals surface area (Å²) in [5.74, 6) is -1.44. The lowest BCUT2D eigenvalue weighted by Crippen LogP contribution is -2.46. The number of unbranched alkanes of at least 4 members (excludes halogenated alkanes) is 1. The first kappa shape index (κ1) is 24.7. The molecular formula is C27H32N2O6. The average Bonchev–Trinajstić information content (AvgIpc) is 3.44. The third-order valence-corrected chi connectivity index (χ3v) is 6.69. The lowest BCUT2D eigenvalue weighted by molar-refractivity contribution is -0.148. The van der Waals surface area contributed by atoms with E-state index in [2.05, 4.69) is 34.9 Å². The van der Waals surface area contributed by atoms with Gasteiger partial charge in [0.2, 0.25) is 5.91 Å². The maximum absolute atomic E-state index is 12.7. The van der Waals surface area contributed by atoms with Gasteiger partial charge in [0, 0.05) is 25.0 Å². The molecule has 186 valence electrons. The van der Waals surface area contributed by atoms with Crippen LogP contribution in [-0.2, 0) is 19.1 Å². The van der Waals surface area contributed by atoms with Crippen LogP contribution in [0.25, 0.3) is 11.1 Å². The van der Waals surface area contributed by atoms with Gasteiger partial charge in [-0.1, -0.05) is 68.3 Å². The molecule has 4 rings (SSSR count). The first-order chi connectivity index (χ1) is 17.0. The van der Waals surface area contributed by atoms with Gasteiger partial charge in [0.1, 0.15) is 6.61 Å². The van der Waals surface area contributed by atoms with E-state index in [4.69, 9.17) is 9.47 Å². The monoisotopic (exact) mass is 480 g/mol. The number of benzene rings is 2. The Kier molecular flexibility index (Phi) is 8.02. The van der Waals surface area contributed by atoms with E-state index in [0.717, 1.165) is 35.1 Å². The van der Waals surface area contributed by atoms with Crippen LogP contribution in [0.5, 0.6) is 0 Å². The van der Waals surface area contributed by atoms with Gasteiger partial charge in [-0.25, -0.2) is 9.59 Å². The molecular weight excluding hydrogens is 448 g/mol. The van der Waals surface area contributed by atoms with Crippen molar-refractivity contribution >= 4 is 18.0 Å². The quantitative estimate of drug-likeness (QED) is 0.476. The van der Waals surface area contributed by atoms with E-state index in [1.54, 1.807) is 0 Å². The number of carbonyl (C=O) groups excluding carboxylic acids is 2. The fourth-order valence-corrected chi connectivity index (χ4v) is 4.95. The molecule has 3 N–H and O–H groups in total. The molecule has 2 aromatic carbocycles. The maximum atomic E-state index is 12.7. The number of aliphatic carboxylic acids is 1. The van der Waals surface area contributed by atoms with Gasteiger partial charge in [0.15, 0.2) is 6.10 Å². The van der Waals surface area contributed by atoms with E-state index >= 15 is 0 Å². The van der Waals surface area contributed by atoms with Crippen molar-refractivity contribution in [3.63, 3.8) is 0 Å². The Hall–Kier alpha value is -3.39. The van der Waals surface area contributed by atoms with Crippen LogP contribution >= 0.6 is 0 Å². The molecule has 35 heavy (non-hydrogen) atoms. The third-order valence-electron chi connectivity index (χ3n) is 6.69. The number of alkyl carbamates (subject to hydrolysis) is 1. The van der Waals surface area contributed by atoms with Gasteiger partial charge in [-0.15, -0.1) is 0 Å². The molecule has 2 aromatic rings. The smallest absolute Gasteiger partial charge is 0.407 e. The predicted octanol–water partition coefficient (Wildman–Crippen LogP) is 3.83. The number of nitrogens with one attached hydrogen (secondary N) is 2. The molecule has 1 heterocycles. The predicted molar refractivity (Wildman–Crippen MR) is 130 cm³/mol. The number of carboxylic acids is 1. The van der Waals surface area contributed by atoms with Crippen LogP contribution in [0.2, 0.25) is 0 Å². The van der Waals surface area contributed by atoms with Crippen LogP contribution in [0, 0.1) is 0 Å². The molecule has 8 nitrogen and oxygen atoms in total. The van der Waals surface area contributed by atoms with Crippen LogP contribution in [-0.4, -0.2) is 54.5 Å². The van der Waals surface area contributed by atoms with Crippen molar-refractivity contribution in [2.24, 2.45) is 0 Å². The Morgan fingerprint density at radius 2 is 1.74 bits per heavy atom. The minimum Gasteiger partial charge on any atom is -0.479 e. The number of carboxylic acid groups (broad SMARTS) is 1. The zero-order valence-corrected chi connectivity index (χ0v) is 19.9. The lowest BCUT2D eigenvalue weighted by Gasteiger charge is -2.21. The Morgan fingerprint density at radius 1 is 1.09 bits per heavy atom. The van der Waals surface area contributed by atoms with Crippen LogP contribution in [0.15, 0.2) is 48.5 Å². The number of hydrogen-bond donors (Lipinski definition) is 3. The molecule has 2 aliphatic rings. The second-order valence-electron chi connectivity index (χ2n) is 9.11. The van der Waals surface area contributed by atoms with Gasteiger partial charge in [-0.2, -0.15) is 0 Å². The number of fused-ring (bicyclic) bond motifs is 3. The van der Waals surface area contributed by atoms with Gasteiger partial charge < -0.3 is 25.2 Å². The summed E-state index contributed by atoms with van der Waals surface area (Å²) < 4.78 is 10.8. The molecule has 0 aromatic heterocycles. The molecule has 0 saturated carbocycles. The number of ether oxygens (including phenoxy) is 2. The molecule has 1 aliphatic carbocycles. The largest absolute Gasteiger partial charge is 0.479 e. The van der Waals surface area contributed by atoms with Crippen molar-refractivity contribution in [1.82, 2.24) is 10.6 Å². The highest BCUT2D eigenvalue weighted by Crippen LogP contribution is 2.44. The van der Waals surface area contributed by atoms with Crippen molar-refractivity contribution in [3.05, 3.63) is 59.7 Å². The standard InChI is InChI=1S/C27H32N2O6/c1-2-3-8-17(15-24(30)29-23-13-14-34-25(23)26(31)32)28-27(33)35-16-22-20-11-6-4-9-18(20)19-10-5-7-12-21(19)22/h4-7,9-12,17,22-23,25H,2-3,8,13-16H2,1H3,(H,28,33)(H,29,30)(H,31,32)/t17-,23?,25?/m1/s1. The van der Waals surface area contributed by atoms with Crippen LogP contribution < -0.4 is 10.6 Å². The summed E-state index contributed by atoms with van der Waals surface area (Å²) in [6.07, 6.45) is 1.28. The Morgan fingerprint density at radius 3 is 2.37 bits per heavy atom. The summed E-state index contributed by atoms with van der Waals surface area (Å²) in [6, 6.07) is 15.3. The molecule has 8 heteroatoms. The Labute approximate surface area is 205 Å². The number of rotatable bonds is 10. The van der Waals surface area contributed by atoms with Crippen LogP contribution in [0.1, 0.15) is 56.1 Å². The van der Waals surface area contributed by atoms with Crippen molar-refractivity contribution in [3.8, 4) is 11.1 Å². The summed E-state index contributed by atoms with van der Waals surface area (Å²) in [6.45, 7) is 2.53. The third kappa shape index (κ3) is 5.82. The zero-order chi connectivity index (χ0) is 24.8. The van der Waals surface area contributed by atoms with Gasteiger partial charge in [0.05, 0.1) is 6.04 Å². The molecule has 3 atom stereocenters. The lowest BCUT2D eigenvalue weighted by atomic mass is 9.98. The van der Waals surface area contributed by atoms with Crippen molar-refractivity contribution < 1.29 is 29.0 Å². The number of carbonyl (C=O) groups is 3. The molecule has 1 fully saturated rings. The van der Waals surface area contributed by atoms with Crippen LogP contribution in [0.3, 0.4) is 0 Å². The molecule has 0 bridgehead atoms. The van der Waals surface area contributed by atoms with Crippen molar-refractivity contribution in [2.45, 2.75) is 63.1 Å². The highest BCUT2D eigenvalue weighted by molar-refractivity contribution is 5.81. The van der Waals surface area contributed by atoms with Gasteiger partial charge >= 0.3 is 12.1 Å². The number of amides is 2. The minimum absolute atomic E-state index is 0.0409. The van der Waals surface area contributed by atoms with E-state index in [1.165, 1.54) is 0 Å². The van der Waals surface area contributed by atoms with Gasteiger partial charge in [0.25, 0.3) is 0 Å². The summed E-state index contributed by atoms with van der Waals surface area (Å²) in [5.41, 5.74) is 4.58. The Balaban J connectivity index is 1.34. The fourth-order valence-electron chi connectivity index (χ4n) is 4.95. The molecule has 2 amide bonds. The summed E-state index contributed by atoms with van der Waals surface area (Å²) in [5, 5.41) is 14.8. The van der Waals surface area contributed by atoms with E-state index in [9.17, 15) is 19.5 Å². The topological polar surface area (TPSA) is 114 Å². The number of hydrogen-bond acceptors (Lipinski definition) is 5. The first-order valence-corrected chi connectivity index (χ1v) is 12.2. The highest BCUT2D eigenvalue weighted by Gasteiger charge is 2.35. The average molecular weight is 481 g/mol. The summed E-state index contributed by atoms with van der Waals surface area (Å²) in [7, 11) is 0. The molecule has 0 spiro atoms. The maximum Gasteiger partial charge on any atom is 0.407 e. The normalized spacial score (nSPS) is 19.5. The van der Waals surface area contributed by atoms with Gasteiger partial charge in [-0.05, 0) is 35.1 Å². The highest BCUT2D eigenvalue weighted by atomic mass is 16.5. The molecule has 2 unspecified atom stereocenters. The van der Waals surface area contributed by atoms with E-state index in [-0.39, 0.29) is 24.9 Å². The second kappa shape index (κ2) is 11.4. The van der Waals surface area contributed by atoms with E-state index in [1.807, 2.05) is 31.2 Å². The van der Waals surface area contributed by atoms with Crippen molar-refractivity contribution in [2.75, 3.05) is 13.2 Å². The fraction of sp³-hybridized carbons (Fsp3) is 0.444. The minimum atomic E-state index is -1.09. The van der Waals surface area contributed by atoms with E-state index in [0.29, 0.717) is 19.4 Å². The zero-order valence-electron chi connectivity index (χ0n) is 19.9. The van der Waals surface area contributed by atoms with Crippen molar-refractivity contribution in [1.29, 1.82) is 0 Å². The second-order valence-corrected chi connectivity index (χ2v) is 9.11.